The van der Waals surface area contributed by atoms with Crippen LogP contribution in [0.2, 0.25) is 0 Å². The zero-order valence-corrected chi connectivity index (χ0v) is 18.7. The van der Waals surface area contributed by atoms with Gasteiger partial charge in [0.05, 0.1) is 18.4 Å². The number of carbonyl (C=O) groups excluding carboxylic acids is 1. The van der Waals surface area contributed by atoms with Crippen molar-refractivity contribution in [1.82, 2.24) is 14.8 Å². The van der Waals surface area contributed by atoms with Crippen molar-refractivity contribution in [3.63, 3.8) is 0 Å². The molecule has 0 unspecified atom stereocenters. The predicted octanol–water partition coefficient (Wildman–Crippen LogP) is 4.93. The SMILES string of the molecule is COC(=O)c1ccc([C@H]2Oc3ccc(C)cc3C3=C2[C@@H](c2ccccc2)n2ncnc2N3)cc1. The Hall–Kier alpha value is -4.39. The maximum Gasteiger partial charge on any atom is 0.337 e. The molecule has 0 amide bonds. The third-order valence-electron chi connectivity index (χ3n) is 6.32. The molecule has 2 aliphatic rings. The van der Waals surface area contributed by atoms with Crippen LogP contribution in [0.4, 0.5) is 5.95 Å². The van der Waals surface area contributed by atoms with Gasteiger partial charge in [0.2, 0.25) is 5.95 Å². The molecule has 2 aliphatic heterocycles. The Morgan fingerprint density at radius 1 is 1.03 bits per heavy atom. The number of hydrogen-bond donors (Lipinski definition) is 1. The van der Waals surface area contributed by atoms with Gasteiger partial charge in [0, 0.05) is 11.1 Å². The van der Waals surface area contributed by atoms with Gasteiger partial charge in [-0.15, -0.1) is 0 Å². The number of fused-ring (bicyclic) bond motifs is 3. The predicted molar refractivity (Wildman–Crippen MR) is 127 cm³/mol. The van der Waals surface area contributed by atoms with Gasteiger partial charge in [0.25, 0.3) is 0 Å². The van der Waals surface area contributed by atoms with Gasteiger partial charge >= 0.3 is 5.97 Å². The van der Waals surface area contributed by atoms with Gasteiger partial charge in [-0.1, -0.05) is 54.1 Å². The fourth-order valence-electron chi connectivity index (χ4n) is 4.73. The van der Waals surface area contributed by atoms with E-state index in [1.54, 1.807) is 18.5 Å². The number of nitrogens with one attached hydrogen (secondary N) is 1. The Balaban J connectivity index is 1.57. The molecule has 0 saturated carbocycles. The molecule has 168 valence electrons. The summed E-state index contributed by atoms with van der Waals surface area (Å²) in [5, 5.41) is 8.06. The number of ether oxygens (including phenoxy) is 2. The number of carbonyl (C=O) groups is 1. The minimum Gasteiger partial charge on any atom is -0.480 e. The van der Waals surface area contributed by atoms with E-state index in [1.807, 2.05) is 47.1 Å². The summed E-state index contributed by atoms with van der Waals surface area (Å²) in [6, 6.07) is 23.6. The maximum atomic E-state index is 12.0. The topological polar surface area (TPSA) is 78.3 Å². The van der Waals surface area contributed by atoms with E-state index in [2.05, 4.69) is 40.5 Å². The lowest BCUT2D eigenvalue weighted by Crippen LogP contribution is -2.32. The van der Waals surface area contributed by atoms with Crippen LogP contribution in [0.25, 0.3) is 5.70 Å². The van der Waals surface area contributed by atoms with Crippen LogP contribution in [0, 0.1) is 6.92 Å². The van der Waals surface area contributed by atoms with Crippen LogP contribution in [0.1, 0.15) is 44.8 Å². The van der Waals surface area contributed by atoms with Crippen LogP contribution >= 0.6 is 0 Å². The summed E-state index contributed by atoms with van der Waals surface area (Å²) in [6.45, 7) is 2.07. The number of aromatic nitrogens is 3. The first-order chi connectivity index (χ1) is 16.6. The minimum absolute atomic E-state index is 0.214. The van der Waals surface area contributed by atoms with Gasteiger partial charge in [-0.3, -0.25) is 0 Å². The van der Waals surface area contributed by atoms with Crippen molar-refractivity contribution < 1.29 is 14.3 Å². The third kappa shape index (κ3) is 3.16. The summed E-state index contributed by atoms with van der Waals surface area (Å²) in [4.78, 5) is 16.4. The van der Waals surface area contributed by atoms with E-state index < -0.39 is 6.10 Å². The molecule has 0 fully saturated rings. The summed E-state index contributed by atoms with van der Waals surface area (Å²) in [7, 11) is 1.38. The largest absolute Gasteiger partial charge is 0.480 e. The summed E-state index contributed by atoms with van der Waals surface area (Å²) in [5.74, 6) is 1.10. The maximum absolute atomic E-state index is 12.0. The third-order valence-corrected chi connectivity index (χ3v) is 6.32. The van der Waals surface area contributed by atoms with Crippen molar-refractivity contribution >= 4 is 17.6 Å². The molecule has 2 atom stereocenters. The lowest BCUT2D eigenvalue weighted by atomic mass is 9.84. The van der Waals surface area contributed by atoms with Crippen molar-refractivity contribution in [3.05, 3.63) is 113 Å². The van der Waals surface area contributed by atoms with Crippen molar-refractivity contribution in [2.75, 3.05) is 12.4 Å². The van der Waals surface area contributed by atoms with Crippen molar-refractivity contribution in [2.24, 2.45) is 0 Å². The number of methoxy groups -OCH3 is 1. The molecule has 0 saturated heterocycles. The molecule has 0 bridgehead atoms. The van der Waals surface area contributed by atoms with E-state index in [9.17, 15) is 4.79 Å². The first-order valence-electron chi connectivity index (χ1n) is 11.1. The lowest BCUT2D eigenvalue weighted by Gasteiger charge is -2.39. The van der Waals surface area contributed by atoms with E-state index in [0.717, 1.165) is 39.3 Å². The van der Waals surface area contributed by atoms with Gasteiger partial charge < -0.3 is 14.8 Å². The summed E-state index contributed by atoms with van der Waals surface area (Å²) in [6.07, 6.45) is 1.17. The molecular weight excluding hydrogens is 428 g/mol. The number of rotatable bonds is 3. The van der Waals surface area contributed by atoms with Gasteiger partial charge in [0.1, 0.15) is 24.2 Å². The van der Waals surface area contributed by atoms with Crippen LogP contribution < -0.4 is 10.1 Å². The first kappa shape index (κ1) is 20.2. The molecule has 6 rings (SSSR count). The fourth-order valence-corrected chi connectivity index (χ4v) is 4.73. The molecule has 4 aromatic rings. The van der Waals surface area contributed by atoms with E-state index >= 15 is 0 Å². The van der Waals surface area contributed by atoms with E-state index in [0.29, 0.717) is 11.5 Å². The van der Waals surface area contributed by atoms with Gasteiger partial charge in [-0.05, 0) is 42.3 Å². The van der Waals surface area contributed by atoms with Crippen LogP contribution in [0.3, 0.4) is 0 Å². The minimum atomic E-state index is -0.396. The second-order valence-electron chi connectivity index (χ2n) is 8.41. The fraction of sp³-hybridized carbons (Fsp3) is 0.148. The average Bonchev–Trinajstić information content (AvgIpc) is 3.35. The standard InChI is InChI=1S/C27H22N4O3/c1-16-8-13-21-20(14-16)23-22(25(34-21)18-9-11-19(12-10-18)26(32)33-2)24(17-6-4-3-5-7-17)31-27(30-23)28-15-29-31/h3-15,24-25H,1-2H3,(H,28,29,30)/t24-,25-/m1/s1. The molecule has 3 aromatic carbocycles. The summed E-state index contributed by atoms with van der Waals surface area (Å²) in [5.41, 5.74) is 6.64. The zero-order valence-electron chi connectivity index (χ0n) is 18.7. The number of aryl methyl sites for hydroxylation is 1. The molecule has 0 spiro atoms. The average molecular weight is 450 g/mol. The van der Waals surface area contributed by atoms with Gasteiger partial charge in [0.15, 0.2) is 0 Å². The van der Waals surface area contributed by atoms with Crippen molar-refractivity contribution in [1.29, 1.82) is 0 Å². The van der Waals surface area contributed by atoms with Crippen LogP contribution in [0.15, 0.2) is 84.7 Å². The second kappa shape index (κ2) is 7.88. The van der Waals surface area contributed by atoms with Crippen molar-refractivity contribution in [2.45, 2.75) is 19.1 Å². The second-order valence-corrected chi connectivity index (χ2v) is 8.41. The van der Waals surface area contributed by atoms with Crippen LogP contribution in [-0.2, 0) is 4.74 Å². The molecule has 3 heterocycles. The highest BCUT2D eigenvalue weighted by atomic mass is 16.5. The Labute approximate surface area is 196 Å². The molecule has 7 heteroatoms. The summed E-state index contributed by atoms with van der Waals surface area (Å²) < 4.78 is 13.4. The normalized spacial score (nSPS) is 18.2. The van der Waals surface area contributed by atoms with Crippen molar-refractivity contribution in [3.8, 4) is 5.75 Å². The molecule has 34 heavy (non-hydrogen) atoms. The molecule has 1 aromatic heterocycles. The number of esters is 1. The summed E-state index contributed by atoms with van der Waals surface area (Å²) >= 11 is 0. The molecular formula is C27H22N4O3. The van der Waals surface area contributed by atoms with Crippen LogP contribution in [-0.4, -0.2) is 27.8 Å². The molecule has 0 aliphatic carbocycles. The quantitative estimate of drug-likeness (QED) is 0.446. The Morgan fingerprint density at radius 3 is 2.59 bits per heavy atom. The number of benzene rings is 3. The molecule has 7 nitrogen and oxygen atoms in total. The Bertz CT molecular complexity index is 1420. The lowest BCUT2D eigenvalue weighted by molar-refractivity contribution is 0.0600. The highest BCUT2D eigenvalue weighted by Gasteiger charge is 2.40. The van der Waals surface area contributed by atoms with E-state index in [-0.39, 0.29) is 12.0 Å². The number of anilines is 1. The Kier molecular flexibility index (Phi) is 4.69. The van der Waals surface area contributed by atoms with Gasteiger partial charge in [-0.2, -0.15) is 10.1 Å². The molecule has 0 radical (unpaired) electrons. The van der Waals surface area contributed by atoms with E-state index in [1.165, 1.54) is 7.11 Å². The van der Waals surface area contributed by atoms with Gasteiger partial charge in [-0.25, -0.2) is 9.48 Å². The van der Waals surface area contributed by atoms with E-state index in [4.69, 9.17) is 9.47 Å². The highest BCUT2D eigenvalue weighted by molar-refractivity contribution is 5.89. The highest BCUT2D eigenvalue weighted by Crippen LogP contribution is 2.50. The first-order valence-corrected chi connectivity index (χ1v) is 11.1. The van der Waals surface area contributed by atoms with Crippen LogP contribution in [0.5, 0.6) is 5.75 Å². The smallest absolute Gasteiger partial charge is 0.337 e. The molecule has 1 N–H and O–H groups in total. The Morgan fingerprint density at radius 2 is 1.82 bits per heavy atom. The number of nitrogens with zero attached hydrogens (tertiary/aromatic N) is 3. The number of hydrogen-bond acceptors (Lipinski definition) is 6. The zero-order chi connectivity index (χ0) is 23.2. The monoisotopic (exact) mass is 450 g/mol.